The number of aliphatic hydroxyl groups excluding tert-OH is 1. The lowest BCUT2D eigenvalue weighted by atomic mass is 10.5. The van der Waals surface area contributed by atoms with Crippen molar-refractivity contribution in [3.8, 4) is 12.3 Å². The molecule has 0 heterocycles. The molecule has 0 aliphatic rings. The molecule has 86 valence electrons. The number of rotatable bonds is 4. The second-order valence-electron chi connectivity index (χ2n) is 2.35. The van der Waals surface area contributed by atoms with Crippen LogP contribution in [-0.2, 0) is 4.79 Å². The van der Waals surface area contributed by atoms with Gasteiger partial charge >= 0.3 is 0 Å². The Kier molecular flexibility index (Phi) is 14.3. The molecule has 4 nitrogen and oxygen atoms in total. The number of thioether (sulfide) groups is 1. The molecule has 0 aliphatic heterocycles. The van der Waals surface area contributed by atoms with E-state index in [-0.39, 0.29) is 6.61 Å². The predicted octanol–water partition coefficient (Wildman–Crippen LogP) is 0.645. The van der Waals surface area contributed by atoms with Crippen molar-refractivity contribution < 1.29 is 9.90 Å². The lowest BCUT2D eigenvalue weighted by Crippen LogP contribution is -2.21. The smallest absolute Gasteiger partial charge is 0.273 e. The number of carbonyl (C=O) groups excluding carboxylic acids is 1. The van der Waals surface area contributed by atoms with Gasteiger partial charge in [-0.1, -0.05) is 6.92 Å². The van der Waals surface area contributed by atoms with E-state index in [1.807, 2.05) is 6.92 Å². The zero-order valence-electron chi connectivity index (χ0n) is 9.19. The Morgan fingerprint density at radius 1 is 1.67 bits per heavy atom. The quantitative estimate of drug-likeness (QED) is 0.322. The van der Waals surface area contributed by atoms with E-state index in [2.05, 4.69) is 17.3 Å². The number of aliphatic hydroxyl groups is 1. The summed E-state index contributed by atoms with van der Waals surface area (Å²) in [5, 5.41) is 8.81. The molecule has 1 amide bonds. The van der Waals surface area contributed by atoms with Crippen molar-refractivity contribution in [2.75, 3.05) is 18.9 Å². The third-order valence-electron chi connectivity index (χ3n) is 1.06. The average molecular weight is 230 g/mol. The molecule has 0 atom stereocenters. The minimum atomic E-state index is -0.486. The SMILES string of the molecule is C#CC.CCSC(=NCCCO)C(N)=O. The lowest BCUT2D eigenvalue weighted by Gasteiger charge is -1.98. The number of terminal acetylenes is 1. The molecule has 0 aromatic carbocycles. The van der Waals surface area contributed by atoms with Crippen LogP contribution in [0.2, 0.25) is 0 Å². The molecule has 15 heavy (non-hydrogen) atoms. The van der Waals surface area contributed by atoms with Gasteiger partial charge in [-0.25, -0.2) is 0 Å². The molecule has 0 saturated carbocycles. The number of carbonyl (C=O) groups is 1. The van der Waals surface area contributed by atoms with Crippen LogP contribution in [0, 0.1) is 12.3 Å². The van der Waals surface area contributed by atoms with Crippen LogP contribution in [0.15, 0.2) is 4.99 Å². The zero-order chi connectivity index (χ0) is 12.1. The van der Waals surface area contributed by atoms with E-state index in [4.69, 9.17) is 10.8 Å². The van der Waals surface area contributed by atoms with Crippen molar-refractivity contribution in [1.82, 2.24) is 0 Å². The van der Waals surface area contributed by atoms with Gasteiger partial charge in [-0.3, -0.25) is 9.79 Å². The molecule has 0 fully saturated rings. The predicted molar refractivity (Wildman–Crippen MR) is 65.8 cm³/mol. The van der Waals surface area contributed by atoms with Crippen molar-refractivity contribution in [3.05, 3.63) is 0 Å². The van der Waals surface area contributed by atoms with Crippen LogP contribution in [0.3, 0.4) is 0 Å². The van der Waals surface area contributed by atoms with Crippen molar-refractivity contribution in [2.24, 2.45) is 10.7 Å². The molecule has 0 rings (SSSR count). The van der Waals surface area contributed by atoms with Crippen LogP contribution < -0.4 is 5.73 Å². The minimum absolute atomic E-state index is 0.0896. The summed E-state index contributed by atoms with van der Waals surface area (Å²) in [6.07, 6.45) is 5.17. The summed E-state index contributed by atoms with van der Waals surface area (Å²) in [6, 6.07) is 0. The summed E-state index contributed by atoms with van der Waals surface area (Å²) in [5.41, 5.74) is 5.05. The maximum Gasteiger partial charge on any atom is 0.273 e. The highest BCUT2D eigenvalue weighted by Gasteiger charge is 2.04. The van der Waals surface area contributed by atoms with Gasteiger partial charge in [-0.05, 0) is 19.1 Å². The maximum absolute atomic E-state index is 10.7. The van der Waals surface area contributed by atoms with E-state index in [0.29, 0.717) is 18.0 Å². The van der Waals surface area contributed by atoms with Gasteiger partial charge in [0.05, 0.1) is 0 Å². The van der Waals surface area contributed by atoms with Crippen LogP contribution in [0.1, 0.15) is 20.3 Å². The van der Waals surface area contributed by atoms with Gasteiger partial charge in [0.2, 0.25) is 0 Å². The summed E-state index contributed by atoms with van der Waals surface area (Å²) in [6.45, 7) is 4.13. The van der Waals surface area contributed by atoms with Crippen LogP contribution in [0.25, 0.3) is 0 Å². The second-order valence-corrected chi connectivity index (χ2v) is 3.60. The maximum atomic E-state index is 10.7. The Hall–Kier alpha value is -0.990. The van der Waals surface area contributed by atoms with Crippen molar-refractivity contribution in [3.63, 3.8) is 0 Å². The minimum Gasteiger partial charge on any atom is -0.396 e. The molecule has 0 saturated heterocycles. The first-order valence-electron chi connectivity index (χ1n) is 4.59. The fraction of sp³-hybridized carbons (Fsp3) is 0.600. The molecule has 0 unspecified atom stereocenters. The van der Waals surface area contributed by atoms with Crippen LogP contribution in [-0.4, -0.2) is 35.0 Å². The average Bonchev–Trinajstić information content (AvgIpc) is 2.18. The Morgan fingerprint density at radius 3 is 2.53 bits per heavy atom. The first-order valence-corrected chi connectivity index (χ1v) is 5.57. The van der Waals surface area contributed by atoms with Crippen molar-refractivity contribution in [1.29, 1.82) is 0 Å². The lowest BCUT2D eigenvalue weighted by molar-refractivity contribution is -0.111. The Balaban J connectivity index is 0. The molecule has 0 aromatic rings. The van der Waals surface area contributed by atoms with E-state index in [1.54, 1.807) is 6.92 Å². The number of nitrogens with zero attached hydrogens (tertiary/aromatic N) is 1. The third-order valence-corrected chi connectivity index (χ3v) is 1.96. The summed E-state index contributed by atoms with van der Waals surface area (Å²) >= 11 is 1.33. The van der Waals surface area contributed by atoms with E-state index >= 15 is 0 Å². The summed E-state index contributed by atoms with van der Waals surface area (Å²) < 4.78 is 0. The van der Waals surface area contributed by atoms with Gasteiger partial charge in [0.25, 0.3) is 5.91 Å². The van der Waals surface area contributed by atoms with Gasteiger partial charge < -0.3 is 10.8 Å². The molecule has 5 heteroatoms. The first-order chi connectivity index (χ1) is 7.13. The standard InChI is InChI=1S/C7H14N2O2S.C3H4/c1-2-12-7(6(8)11)9-4-3-5-10;1-3-2/h10H,2-5H2,1H3,(H2,8,11);1H,2H3. The summed E-state index contributed by atoms with van der Waals surface area (Å²) in [4.78, 5) is 14.6. The highest BCUT2D eigenvalue weighted by atomic mass is 32.2. The topological polar surface area (TPSA) is 75.7 Å². The van der Waals surface area contributed by atoms with Gasteiger partial charge in [-0.2, -0.15) is 0 Å². The van der Waals surface area contributed by atoms with Crippen LogP contribution in [0.4, 0.5) is 0 Å². The Bertz CT molecular complexity index is 234. The van der Waals surface area contributed by atoms with E-state index in [1.165, 1.54) is 11.8 Å². The number of primary amides is 1. The number of aliphatic imine (C=N–C) groups is 1. The van der Waals surface area contributed by atoms with Crippen LogP contribution in [0.5, 0.6) is 0 Å². The number of amides is 1. The molecule has 0 bridgehead atoms. The normalized spacial score (nSPS) is 9.87. The highest BCUT2D eigenvalue weighted by Crippen LogP contribution is 2.02. The molecule has 0 radical (unpaired) electrons. The van der Waals surface area contributed by atoms with E-state index in [0.717, 1.165) is 5.75 Å². The largest absolute Gasteiger partial charge is 0.396 e. The summed E-state index contributed by atoms with van der Waals surface area (Å²) in [5.74, 6) is 2.54. The molecule has 0 aliphatic carbocycles. The van der Waals surface area contributed by atoms with Crippen molar-refractivity contribution in [2.45, 2.75) is 20.3 Å². The van der Waals surface area contributed by atoms with Gasteiger partial charge in [-0.15, -0.1) is 24.1 Å². The molecule has 0 aromatic heterocycles. The second kappa shape index (κ2) is 13.0. The number of hydrogen-bond acceptors (Lipinski definition) is 4. The van der Waals surface area contributed by atoms with Crippen molar-refractivity contribution >= 4 is 22.7 Å². The monoisotopic (exact) mass is 230 g/mol. The highest BCUT2D eigenvalue weighted by molar-refractivity contribution is 8.15. The zero-order valence-corrected chi connectivity index (χ0v) is 10.0. The molecular formula is C10H18N2O2S. The van der Waals surface area contributed by atoms with Gasteiger partial charge in [0.1, 0.15) is 0 Å². The summed E-state index contributed by atoms with van der Waals surface area (Å²) in [7, 11) is 0. The van der Waals surface area contributed by atoms with E-state index in [9.17, 15) is 4.79 Å². The van der Waals surface area contributed by atoms with Crippen LogP contribution >= 0.6 is 11.8 Å². The van der Waals surface area contributed by atoms with E-state index < -0.39 is 5.91 Å². The number of nitrogens with two attached hydrogens (primary N) is 1. The third kappa shape index (κ3) is 13.0. The van der Waals surface area contributed by atoms with Gasteiger partial charge in [0.15, 0.2) is 5.04 Å². The first kappa shape index (κ1) is 16.4. The fourth-order valence-corrected chi connectivity index (χ4v) is 1.18. The number of hydrogen-bond donors (Lipinski definition) is 2. The Labute approximate surface area is 95.3 Å². The molecule has 3 N–H and O–H groups in total. The fourth-order valence-electron chi connectivity index (χ4n) is 0.583. The molecule has 0 spiro atoms. The molecular weight excluding hydrogens is 212 g/mol. The Morgan fingerprint density at radius 2 is 2.20 bits per heavy atom. The van der Waals surface area contributed by atoms with Gasteiger partial charge in [0, 0.05) is 13.2 Å².